The van der Waals surface area contributed by atoms with E-state index in [9.17, 15) is 0 Å². The number of benzene rings is 3. The summed E-state index contributed by atoms with van der Waals surface area (Å²) in [5, 5.41) is 0. The van der Waals surface area contributed by atoms with Gasteiger partial charge in [-0.2, -0.15) is 0 Å². The summed E-state index contributed by atoms with van der Waals surface area (Å²) >= 11 is 0. The number of rotatable bonds is 6. The molecule has 0 radical (unpaired) electrons. The Hall–Kier alpha value is -2.76. The molecule has 0 saturated heterocycles. The van der Waals surface area contributed by atoms with Gasteiger partial charge in [0.15, 0.2) is 8.07 Å². The van der Waals surface area contributed by atoms with Gasteiger partial charge >= 0.3 is 0 Å². The summed E-state index contributed by atoms with van der Waals surface area (Å²) in [5.74, 6) is 0.819. The van der Waals surface area contributed by atoms with E-state index in [-0.39, 0.29) is 0 Å². The maximum Gasteiger partial charge on any atom is 0.150 e. The van der Waals surface area contributed by atoms with Gasteiger partial charge in [0.05, 0.1) is 0 Å². The molecule has 0 N–H and O–H groups in total. The molecule has 0 amide bonds. The van der Waals surface area contributed by atoms with Gasteiger partial charge in [0, 0.05) is 5.56 Å². The Labute approximate surface area is 189 Å². The van der Waals surface area contributed by atoms with E-state index in [0.29, 0.717) is 16.6 Å². The van der Waals surface area contributed by atoms with Crippen LogP contribution in [0.3, 0.4) is 0 Å². The molecule has 0 bridgehead atoms. The van der Waals surface area contributed by atoms with Crippen molar-refractivity contribution in [3.63, 3.8) is 0 Å². The first-order valence-corrected chi connectivity index (χ1v) is 13.5. The van der Waals surface area contributed by atoms with Gasteiger partial charge in [0.2, 0.25) is 0 Å². The Morgan fingerprint density at radius 2 is 1.13 bits per heavy atom. The summed E-state index contributed by atoms with van der Waals surface area (Å²) in [6.07, 6.45) is 3.19. The molecule has 0 spiro atoms. The van der Waals surface area contributed by atoms with Gasteiger partial charge < -0.3 is 4.74 Å². The predicted octanol–water partition coefficient (Wildman–Crippen LogP) is 8.58. The highest BCUT2D eigenvalue weighted by Gasteiger charge is 2.42. The number of ether oxygens (including phenoxy) is 1. The van der Waals surface area contributed by atoms with Crippen molar-refractivity contribution in [3.05, 3.63) is 78.9 Å². The Balaban J connectivity index is 2.06. The smallest absolute Gasteiger partial charge is 0.150 e. The molecule has 3 aromatic carbocycles. The molecule has 2 heteroatoms. The largest absolute Gasteiger partial charge is 0.408 e. The first-order chi connectivity index (χ1) is 14.9. The van der Waals surface area contributed by atoms with Gasteiger partial charge in [-0.25, -0.2) is 0 Å². The van der Waals surface area contributed by atoms with Gasteiger partial charge in [-0.05, 0) is 45.4 Å². The van der Waals surface area contributed by atoms with Crippen molar-refractivity contribution in [1.82, 2.24) is 0 Å². The lowest BCUT2D eigenvalue weighted by atomic mass is 9.99. The SMILES string of the molecule is CC(C)[Si](C#COc1cc(-c2ccccc2)ccc1-c1ccccc1)(C(C)C)C(C)C. The van der Waals surface area contributed by atoms with Crippen LogP contribution in [0.4, 0.5) is 0 Å². The second-order valence-electron chi connectivity index (χ2n) is 9.17. The molecule has 160 valence electrons. The second kappa shape index (κ2) is 10.0. The molecule has 0 aliphatic rings. The summed E-state index contributed by atoms with van der Waals surface area (Å²) in [5.41, 5.74) is 9.94. The van der Waals surface area contributed by atoms with Crippen molar-refractivity contribution in [1.29, 1.82) is 0 Å². The van der Waals surface area contributed by atoms with Crippen LogP contribution in [0.2, 0.25) is 16.6 Å². The zero-order chi connectivity index (χ0) is 22.4. The summed E-state index contributed by atoms with van der Waals surface area (Å²) in [4.78, 5) is 0. The quantitative estimate of drug-likeness (QED) is 0.283. The van der Waals surface area contributed by atoms with Gasteiger partial charge in [0.1, 0.15) is 11.9 Å². The van der Waals surface area contributed by atoms with E-state index in [0.717, 1.165) is 22.4 Å². The molecule has 0 saturated carbocycles. The van der Waals surface area contributed by atoms with Crippen molar-refractivity contribution < 1.29 is 4.74 Å². The van der Waals surface area contributed by atoms with Crippen LogP contribution in [-0.4, -0.2) is 8.07 Å². The van der Waals surface area contributed by atoms with Gasteiger partial charge in [-0.3, -0.25) is 0 Å². The molecule has 0 aromatic heterocycles. The molecular weight excluding hydrogens is 392 g/mol. The Bertz CT molecular complexity index is 1020. The molecule has 0 unspecified atom stereocenters. The Morgan fingerprint density at radius 3 is 1.65 bits per heavy atom. The van der Waals surface area contributed by atoms with Crippen molar-refractivity contribution >= 4 is 8.07 Å². The normalized spacial score (nSPS) is 11.5. The lowest BCUT2D eigenvalue weighted by Crippen LogP contribution is -2.43. The fourth-order valence-electron chi connectivity index (χ4n) is 4.88. The molecule has 3 rings (SSSR count). The third-order valence-electron chi connectivity index (χ3n) is 6.47. The van der Waals surface area contributed by atoms with Crippen LogP contribution in [0.1, 0.15) is 41.5 Å². The lowest BCUT2D eigenvalue weighted by Gasteiger charge is -2.37. The van der Waals surface area contributed by atoms with E-state index in [1.807, 2.05) is 12.1 Å². The average Bonchev–Trinajstić information content (AvgIpc) is 2.77. The van der Waals surface area contributed by atoms with Crippen LogP contribution >= 0.6 is 0 Å². The van der Waals surface area contributed by atoms with Crippen molar-refractivity contribution in [2.45, 2.75) is 58.2 Å². The van der Waals surface area contributed by atoms with Gasteiger partial charge in [-0.15, -0.1) is 0 Å². The maximum absolute atomic E-state index is 6.23. The summed E-state index contributed by atoms with van der Waals surface area (Å²) in [6.45, 7) is 14.0. The van der Waals surface area contributed by atoms with Gasteiger partial charge in [-0.1, -0.05) is 114 Å². The standard InChI is InChI=1S/C29H34OSi/c1-22(2)31(23(3)4,24(5)6)20-19-30-29-21-27(25-13-9-7-10-14-25)17-18-28(29)26-15-11-8-12-16-26/h7-18,21-24H,1-6H3. The Morgan fingerprint density at radius 1 is 0.613 bits per heavy atom. The van der Waals surface area contributed by atoms with E-state index in [2.05, 4.69) is 120 Å². The number of hydrogen-bond donors (Lipinski definition) is 0. The highest BCUT2D eigenvalue weighted by Crippen LogP contribution is 2.41. The molecule has 31 heavy (non-hydrogen) atoms. The van der Waals surface area contributed by atoms with E-state index in [4.69, 9.17) is 4.74 Å². The van der Waals surface area contributed by atoms with Crippen LogP contribution in [0.5, 0.6) is 5.75 Å². The lowest BCUT2D eigenvalue weighted by molar-refractivity contribution is 0.522. The predicted molar refractivity (Wildman–Crippen MR) is 137 cm³/mol. The third-order valence-corrected chi connectivity index (χ3v) is 12.7. The van der Waals surface area contributed by atoms with Crippen LogP contribution in [0.25, 0.3) is 22.3 Å². The minimum atomic E-state index is -1.84. The van der Waals surface area contributed by atoms with E-state index in [1.165, 1.54) is 5.56 Å². The van der Waals surface area contributed by atoms with Crippen LogP contribution in [0, 0.1) is 11.7 Å². The fourth-order valence-corrected chi connectivity index (χ4v) is 9.97. The van der Waals surface area contributed by atoms with Crippen molar-refractivity contribution in [3.8, 4) is 39.7 Å². The van der Waals surface area contributed by atoms with Crippen LogP contribution in [0.15, 0.2) is 78.9 Å². The van der Waals surface area contributed by atoms with Gasteiger partial charge in [0.25, 0.3) is 0 Å². The highest BCUT2D eigenvalue weighted by atomic mass is 28.3. The zero-order valence-electron chi connectivity index (χ0n) is 19.6. The summed E-state index contributed by atoms with van der Waals surface area (Å²) in [7, 11) is -1.84. The second-order valence-corrected chi connectivity index (χ2v) is 14.7. The molecule has 0 atom stereocenters. The van der Waals surface area contributed by atoms with E-state index >= 15 is 0 Å². The summed E-state index contributed by atoms with van der Waals surface area (Å²) < 4.78 is 6.23. The van der Waals surface area contributed by atoms with Crippen molar-refractivity contribution in [2.75, 3.05) is 0 Å². The van der Waals surface area contributed by atoms with Crippen LogP contribution < -0.4 is 4.74 Å². The van der Waals surface area contributed by atoms with E-state index < -0.39 is 8.07 Å². The molecule has 0 aliphatic heterocycles. The minimum absolute atomic E-state index is 0.577. The molecule has 0 fully saturated rings. The average molecular weight is 427 g/mol. The van der Waals surface area contributed by atoms with E-state index in [1.54, 1.807) is 0 Å². The third kappa shape index (κ3) is 4.94. The molecular formula is C29H34OSi. The van der Waals surface area contributed by atoms with Crippen molar-refractivity contribution in [2.24, 2.45) is 0 Å². The monoisotopic (exact) mass is 426 g/mol. The highest BCUT2D eigenvalue weighted by molar-refractivity contribution is 6.90. The molecule has 0 heterocycles. The first kappa shape index (κ1) is 22.9. The van der Waals surface area contributed by atoms with Crippen LogP contribution in [-0.2, 0) is 0 Å². The zero-order valence-corrected chi connectivity index (χ0v) is 20.6. The molecule has 1 nitrogen and oxygen atoms in total. The Kier molecular flexibility index (Phi) is 7.41. The minimum Gasteiger partial charge on any atom is -0.408 e. The fraction of sp³-hybridized carbons (Fsp3) is 0.310. The number of hydrogen-bond acceptors (Lipinski definition) is 1. The molecule has 0 aliphatic carbocycles. The molecule has 3 aromatic rings. The summed E-state index contributed by atoms with van der Waals surface area (Å²) in [6, 6.07) is 27.2. The first-order valence-electron chi connectivity index (χ1n) is 11.3. The maximum atomic E-state index is 6.23. The topological polar surface area (TPSA) is 9.23 Å².